The van der Waals surface area contributed by atoms with E-state index in [4.69, 9.17) is 14.2 Å². The summed E-state index contributed by atoms with van der Waals surface area (Å²) in [6.45, 7) is 4.08. The van der Waals surface area contributed by atoms with Crippen molar-refractivity contribution in [3.8, 4) is 11.6 Å². The molecule has 1 saturated heterocycles. The van der Waals surface area contributed by atoms with Gasteiger partial charge in [-0.15, -0.1) is 0 Å². The molecular formula is C42H52FN3O9S. The van der Waals surface area contributed by atoms with Gasteiger partial charge in [0.2, 0.25) is 27.7 Å². The molecular weight excluding hydrogens is 742 g/mol. The lowest BCUT2D eigenvalue weighted by atomic mass is 9.82. The summed E-state index contributed by atoms with van der Waals surface area (Å²) < 4.78 is 60.9. The number of sulfonamides is 1. The van der Waals surface area contributed by atoms with Crippen molar-refractivity contribution in [2.45, 2.75) is 114 Å². The van der Waals surface area contributed by atoms with Crippen molar-refractivity contribution in [3.63, 3.8) is 0 Å². The summed E-state index contributed by atoms with van der Waals surface area (Å²) >= 11 is 0. The van der Waals surface area contributed by atoms with Crippen molar-refractivity contribution >= 4 is 44.4 Å². The number of ketones is 1. The number of hydrogen-bond acceptors (Lipinski definition) is 10. The third-order valence-corrected chi connectivity index (χ3v) is 15.2. The number of pyridine rings is 1. The minimum atomic E-state index is -3.87. The molecule has 10 atom stereocenters. The van der Waals surface area contributed by atoms with Crippen molar-refractivity contribution in [1.29, 1.82) is 0 Å². The van der Waals surface area contributed by atoms with E-state index < -0.39 is 56.4 Å². The van der Waals surface area contributed by atoms with E-state index in [1.54, 1.807) is 6.07 Å². The molecule has 0 spiro atoms. The molecule has 2 aromatic rings. The number of carbonyl (C=O) groups excluding carboxylic acids is 4. The van der Waals surface area contributed by atoms with E-state index in [2.05, 4.69) is 16.6 Å². The van der Waals surface area contributed by atoms with Crippen molar-refractivity contribution in [2.75, 3.05) is 13.7 Å². The van der Waals surface area contributed by atoms with Gasteiger partial charge in [0.25, 0.3) is 0 Å². The number of Topliss-reactive ketones (excluding diaryl/α,β-unsaturated/α-hetero) is 1. The fourth-order valence-electron chi connectivity index (χ4n) is 9.74. The summed E-state index contributed by atoms with van der Waals surface area (Å²) in [5.41, 5.74) is -1.28. The predicted molar refractivity (Wildman–Crippen MR) is 203 cm³/mol. The van der Waals surface area contributed by atoms with Crippen LogP contribution in [0.4, 0.5) is 4.39 Å². The predicted octanol–water partition coefficient (Wildman–Crippen LogP) is 5.67. The molecule has 4 aliphatic carbocycles. The molecule has 1 unspecified atom stereocenters. The molecule has 12 nitrogen and oxygen atoms in total. The number of methoxy groups -OCH3 is 1. The number of halogens is 1. The Hall–Kier alpha value is -4.07. The molecule has 3 heterocycles. The Bertz CT molecular complexity index is 2040. The number of carbonyl (C=O) groups is 4. The Morgan fingerprint density at radius 3 is 2.50 bits per heavy atom. The average Bonchev–Trinajstić information content (AvgIpc) is 4.12. The number of hydrogen-bond donors (Lipinski definition) is 1. The second-order valence-corrected chi connectivity index (χ2v) is 19.5. The molecule has 0 radical (unpaired) electrons. The number of allylic oxidation sites excluding steroid dienone is 2. The SMILES string of the molecule is COc1ccc2c(O[C@@H]3C[C@H]4C(=O)C[C@]5(C(=O)NS(=O)(=O)C6CC6)C[C@H]5/C=C\CC[C@@H](C)C[C@@H](C)[C@H](CC(=O)OC5C[C@@H]6C[C@@H]6C5)C(=O)N4C3)nccc2c1F. The standard InChI is InChI=1S/C42H52FN3O9S/c1-23-6-4-5-7-27-20-42(27,41(50)45-56(51,52)30-8-9-30)21-35(47)34-18-29(55-39-32-10-11-36(53-3)38(43)31(32)12-13-44-39)22-46(34)40(49)33(24(2)14-23)19-37(48)54-28-16-25-15-26(25)17-28/h5,7,10-13,23-30,33-34H,4,6,8-9,14-22H2,1-3H3,(H,45,50)/b7-5-/t23-,24-,25-,26+,27-,28?,29-,33+,34+,42-/m1/s1. The lowest BCUT2D eigenvalue weighted by Gasteiger charge is -2.32. The number of amides is 2. The van der Waals surface area contributed by atoms with Gasteiger partial charge in [0.1, 0.15) is 12.2 Å². The zero-order chi connectivity index (χ0) is 39.5. The molecule has 4 saturated carbocycles. The van der Waals surface area contributed by atoms with Crippen LogP contribution >= 0.6 is 0 Å². The highest BCUT2D eigenvalue weighted by molar-refractivity contribution is 7.90. The Labute approximate surface area is 327 Å². The summed E-state index contributed by atoms with van der Waals surface area (Å²) in [5, 5.41) is 0.0104. The number of nitrogens with zero attached hydrogens (tertiary/aromatic N) is 2. The summed E-state index contributed by atoms with van der Waals surface area (Å²) in [6, 6.07) is 3.61. The van der Waals surface area contributed by atoms with E-state index in [0.29, 0.717) is 49.3 Å². The number of aromatic nitrogens is 1. The number of nitrogens with one attached hydrogen (secondary N) is 1. The Kier molecular flexibility index (Phi) is 10.4. The maximum atomic E-state index is 15.3. The third-order valence-electron chi connectivity index (χ3n) is 13.4. The van der Waals surface area contributed by atoms with Gasteiger partial charge in [0, 0.05) is 29.8 Å². The van der Waals surface area contributed by atoms with Crippen molar-refractivity contribution in [2.24, 2.45) is 40.9 Å². The third kappa shape index (κ3) is 7.78. The smallest absolute Gasteiger partial charge is 0.306 e. The van der Waals surface area contributed by atoms with E-state index in [1.165, 1.54) is 36.8 Å². The van der Waals surface area contributed by atoms with Crippen LogP contribution in [0.15, 0.2) is 36.5 Å². The molecule has 302 valence electrons. The van der Waals surface area contributed by atoms with Crippen molar-refractivity contribution < 1.29 is 46.2 Å². The summed E-state index contributed by atoms with van der Waals surface area (Å²) in [5.74, 6) is -2.14. The van der Waals surface area contributed by atoms with E-state index in [-0.39, 0.29) is 78.4 Å². The first kappa shape index (κ1) is 38.8. The fourth-order valence-corrected chi connectivity index (χ4v) is 11.1. The van der Waals surface area contributed by atoms with Crippen LogP contribution in [0, 0.1) is 46.7 Å². The molecule has 0 bridgehead atoms. The lowest BCUT2D eigenvalue weighted by Crippen LogP contribution is -2.47. The van der Waals surface area contributed by atoms with Gasteiger partial charge in [-0.05, 0) is 106 Å². The van der Waals surface area contributed by atoms with Crippen LogP contribution in [0.5, 0.6) is 11.6 Å². The molecule has 2 aliphatic heterocycles. The Balaban J connectivity index is 1.10. The first-order valence-corrected chi connectivity index (χ1v) is 21.8. The number of ether oxygens (including phenoxy) is 3. The van der Waals surface area contributed by atoms with Crippen LogP contribution in [0.3, 0.4) is 0 Å². The second kappa shape index (κ2) is 15.0. The lowest BCUT2D eigenvalue weighted by molar-refractivity contribution is -0.155. The Morgan fingerprint density at radius 1 is 1.00 bits per heavy atom. The zero-order valence-electron chi connectivity index (χ0n) is 32.3. The average molecular weight is 794 g/mol. The first-order valence-electron chi connectivity index (χ1n) is 20.3. The van der Waals surface area contributed by atoms with Crippen LogP contribution in [-0.4, -0.2) is 79.0 Å². The van der Waals surface area contributed by atoms with Gasteiger partial charge in [-0.1, -0.05) is 26.0 Å². The van der Waals surface area contributed by atoms with Gasteiger partial charge >= 0.3 is 5.97 Å². The van der Waals surface area contributed by atoms with E-state index in [0.717, 1.165) is 19.3 Å². The van der Waals surface area contributed by atoms with Gasteiger partial charge in [-0.2, -0.15) is 0 Å². The minimum absolute atomic E-state index is 0.00959. The topological polar surface area (TPSA) is 158 Å². The number of benzene rings is 1. The van der Waals surface area contributed by atoms with E-state index in [1.807, 2.05) is 19.1 Å². The quantitative estimate of drug-likeness (QED) is 0.248. The van der Waals surface area contributed by atoms with Crippen molar-refractivity contribution in [1.82, 2.24) is 14.6 Å². The number of fused-ring (bicyclic) bond motifs is 4. The van der Waals surface area contributed by atoms with Crippen LogP contribution in [0.25, 0.3) is 10.8 Å². The summed E-state index contributed by atoms with van der Waals surface area (Å²) in [6.07, 6.45) is 10.5. The van der Waals surface area contributed by atoms with Crippen molar-refractivity contribution in [3.05, 3.63) is 42.4 Å². The molecule has 2 amide bonds. The van der Waals surface area contributed by atoms with Gasteiger partial charge < -0.3 is 19.1 Å². The van der Waals surface area contributed by atoms with Gasteiger partial charge in [0.15, 0.2) is 17.3 Å². The molecule has 56 heavy (non-hydrogen) atoms. The molecule has 1 aromatic heterocycles. The highest BCUT2D eigenvalue weighted by Gasteiger charge is 2.62. The first-order chi connectivity index (χ1) is 26.8. The van der Waals surface area contributed by atoms with Crippen LogP contribution in [-0.2, 0) is 33.9 Å². The van der Waals surface area contributed by atoms with Gasteiger partial charge in [0.05, 0.1) is 42.7 Å². The van der Waals surface area contributed by atoms with E-state index in [9.17, 15) is 27.6 Å². The van der Waals surface area contributed by atoms with Crippen LogP contribution in [0.1, 0.15) is 90.9 Å². The van der Waals surface area contributed by atoms with Gasteiger partial charge in [-0.25, -0.2) is 17.8 Å². The van der Waals surface area contributed by atoms with E-state index >= 15 is 4.39 Å². The summed E-state index contributed by atoms with van der Waals surface area (Å²) in [4.78, 5) is 62.8. The van der Waals surface area contributed by atoms with Crippen LogP contribution in [0.2, 0.25) is 0 Å². The molecule has 5 fully saturated rings. The maximum Gasteiger partial charge on any atom is 0.306 e. The zero-order valence-corrected chi connectivity index (χ0v) is 33.1. The van der Waals surface area contributed by atoms with Gasteiger partial charge in [-0.3, -0.25) is 23.9 Å². The molecule has 8 rings (SSSR count). The largest absolute Gasteiger partial charge is 0.494 e. The normalized spacial score (nSPS) is 35.0. The molecule has 1 aromatic carbocycles. The highest BCUT2D eigenvalue weighted by atomic mass is 32.2. The minimum Gasteiger partial charge on any atom is -0.494 e. The number of esters is 1. The molecule has 6 aliphatic rings. The Morgan fingerprint density at radius 2 is 1.77 bits per heavy atom. The molecule has 1 N–H and O–H groups in total. The maximum absolute atomic E-state index is 15.3. The number of rotatable bonds is 9. The monoisotopic (exact) mass is 793 g/mol. The fraction of sp³-hybridized carbons (Fsp3) is 0.643. The highest BCUT2D eigenvalue weighted by Crippen LogP contribution is 2.57. The van der Waals surface area contributed by atoms with Crippen LogP contribution < -0.4 is 14.2 Å². The molecule has 14 heteroatoms. The summed E-state index contributed by atoms with van der Waals surface area (Å²) in [7, 11) is -2.50. The second-order valence-electron chi connectivity index (χ2n) is 17.5.